The van der Waals surface area contributed by atoms with Crippen molar-refractivity contribution in [2.45, 2.75) is 24.7 Å². The Morgan fingerprint density at radius 1 is 1.03 bits per heavy atom. The molecule has 5 rings (SSSR count). The van der Waals surface area contributed by atoms with Crippen LogP contribution in [-0.4, -0.2) is 71.5 Å². The zero-order valence-corrected chi connectivity index (χ0v) is 21.2. The lowest BCUT2D eigenvalue weighted by Crippen LogP contribution is -2.52. The van der Waals surface area contributed by atoms with E-state index in [0.717, 1.165) is 30.5 Å². The van der Waals surface area contributed by atoms with E-state index in [1.807, 2.05) is 23.1 Å². The van der Waals surface area contributed by atoms with E-state index in [1.165, 1.54) is 9.87 Å². The molecular formula is C23H26ClN5O3S2. The predicted octanol–water partition coefficient (Wildman–Crippen LogP) is 3.40. The van der Waals surface area contributed by atoms with E-state index in [1.54, 1.807) is 18.2 Å². The minimum Gasteiger partial charge on any atom is -0.368 e. The number of carbonyl (C=O) groups excluding carboxylic acids is 1. The van der Waals surface area contributed by atoms with Gasteiger partial charge in [-0.15, -0.1) is 0 Å². The molecule has 2 fully saturated rings. The summed E-state index contributed by atoms with van der Waals surface area (Å²) in [5.74, 6) is -0.0204. The standard InChI is InChI=1S/C23H26ClN5O3S2/c1-16-5-6-18(24)15-20(16)27-11-13-28(14-12-27)23(30)17-7-9-29(10-8-17)34(31,32)21-4-2-3-19-22(21)26-33-25-19/h2-6,15,17H,7-14H2,1H3. The Kier molecular flexibility index (Phi) is 6.49. The van der Waals surface area contributed by atoms with E-state index in [2.05, 4.69) is 20.6 Å². The van der Waals surface area contributed by atoms with Gasteiger partial charge in [0.05, 0.1) is 11.7 Å². The van der Waals surface area contributed by atoms with Crippen LogP contribution in [0, 0.1) is 12.8 Å². The van der Waals surface area contributed by atoms with Gasteiger partial charge in [0, 0.05) is 55.9 Å². The number of piperazine rings is 1. The maximum absolute atomic E-state index is 13.3. The lowest BCUT2D eigenvalue weighted by atomic mass is 9.96. The summed E-state index contributed by atoms with van der Waals surface area (Å²) in [7, 11) is -3.68. The Hall–Kier alpha value is -2.27. The number of fused-ring (bicyclic) bond motifs is 1. The molecule has 0 spiro atoms. The molecule has 3 aromatic rings. The number of aryl methyl sites for hydroxylation is 1. The number of hydrogen-bond donors (Lipinski definition) is 0. The molecule has 2 aliphatic rings. The second-order valence-corrected chi connectivity index (χ2v) is 11.7. The number of halogens is 1. The minimum absolute atomic E-state index is 0.130. The molecule has 2 aromatic carbocycles. The number of anilines is 1. The fourth-order valence-corrected chi connectivity index (χ4v) is 7.21. The van der Waals surface area contributed by atoms with Gasteiger partial charge >= 0.3 is 0 Å². The van der Waals surface area contributed by atoms with Gasteiger partial charge in [-0.1, -0.05) is 23.7 Å². The highest BCUT2D eigenvalue weighted by Gasteiger charge is 2.35. The Labute approximate surface area is 208 Å². The molecule has 0 bridgehead atoms. The van der Waals surface area contributed by atoms with Crippen molar-refractivity contribution in [3.8, 4) is 0 Å². The Morgan fingerprint density at radius 2 is 1.76 bits per heavy atom. The summed E-state index contributed by atoms with van der Waals surface area (Å²) in [6, 6.07) is 10.9. The van der Waals surface area contributed by atoms with Crippen LogP contribution in [0.5, 0.6) is 0 Å². The Morgan fingerprint density at radius 3 is 2.50 bits per heavy atom. The molecule has 180 valence electrons. The summed E-state index contributed by atoms with van der Waals surface area (Å²) < 4.78 is 36.3. The monoisotopic (exact) mass is 519 g/mol. The summed E-state index contributed by atoms with van der Waals surface area (Å²) in [6.07, 6.45) is 1.05. The molecule has 2 aliphatic heterocycles. The van der Waals surface area contributed by atoms with Crippen LogP contribution in [0.25, 0.3) is 11.0 Å². The summed E-state index contributed by atoms with van der Waals surface area (Å²) in [5, 5.41) is 0.711. The number of amides is 1. The van der Waals surface area contributed by atoms with Crippen molar-refractivity contribution in [1.29, 1.82) is 0 Å². The van der Waals surface area contributed by atoms with E-state index < -0.39 is 10.0 Å². The molecule has 0 unspecified atom stereocenters. The number of rotatable bonds is 4. The average molecular weight is 520 g/mol. The maximum atomic E-state index is 13.3. The topological polar surface area (TPSA) is 86.7 Å². The van der Waals surface area contributed by atoms with Crippen LogP contribution < -0.4 is 4.90 Å². The lowest BCUT2D eigenvalue weighted by molar-refractivity contribution is -0.137. The molecule has 0 N–H and O–H groups in total. The molecule has 0 atom stereocenters. The van der Waals surface area contributed by atoms with Gasteiger partial charge in [0.15, 0.2) is 0 Å². The molecule has 0 radical (unpaired) electrons. The molecular weight excluding hydrogens is 494 g/mol. The minimum atomic E-state index is -3.68. The quantitative estimate of drug-likeness (QED) is 0.525. The van der Waals surface area contributed by atoms with Gasteiger partial charge in [0.25, 0.3) is 0 Å². The highest BCUT2D eigenvalue weighted by Crippen LogP contribution is 2.30. The van der Waals surface area contributed by atoms with Gasteiger partial charge in [-0.2, -0.15) is 13.1 Å². The van der Waals surface area contributed by atoms with Crippen LogP contribution >= 0.6 is 23.3 Å². The van der Waals surface area contributed by atoms with E-state index in [9.17, 15) is 13.2 Å². The smallest absolute Gasteiger partial charge is 0.245 e. The zero-order valence-electron chi connectivity index (χ0n) is 18.9. The maximum Gasteiger partial charge on any atom is 0.245 e. The highest BCUT2D eigenvalue weighted by atomic mass is 35.5. The molecule has 34 heavy (non-hydrogen) atoms. The summed E-state index contributed by atoms with van der Waals surface area (Å²) >= 11 is 7.19. The summed E-state index contributed by atoms with van der Waals surface area (Å²) in [6.45, 7) is 5.54. The first-order valence-electron chi connectivity index (χ1n) is 11.4. The molecule has 11 heteroatoms. The van der Waals surface area contributed by atoms with Crippen LogP contribution in [0.3, 0.4) is 0 Å². The van der Waals surface area contributed by atoms with Gasteiger partial charge < -0.3 is 9.80 Å². The summed E-state index contributed by atoms with van der Waals surface area (Å²) in [4.78, 5) is 17.6. The molecule has 3 heterocycles. The van der Waals surface area contributed by atoms with Crippen LogP contribution in [0.4, 0.5) is 5.69 Å². The van der Waals surface area contributed by atoms with E-state index >= 15 is 0 Å². The van der Waals surface area contributed by atoms with E-state index in [4.69, 9.17) is 11.6 Å². The van der Waals surface area contributed by atoms with Crippen molar-refractivity contribution in [1.82, 2.24) is 18.0 Å². The number of aromatic nitrogens is 2. The Bertz CT molecular complexity index is 1310. The molecule has 1 amide bonds. The van der Waals surface area contributed by atoms with Crippen molar-refractivity contribution in [2.24, 2.45) is 5.92 Å². The molecule has 1 aromatic heterocycles. The predicted molar refractivity (Wildman–Crippen MR) is 134 cm³/mol. The van der Waals surface area contributed by atoms with Gasteiger partial charge in [-0.25, -0.2) is 8.42 Å². The number of sulfonamides is 1. The van der Waals surface area contributed by atoms with Crippen molar-refractivity contribution >= 4 is 56.0 Å². The summed E-state index contributed by atoms with van der Waals surface area (Å²) in [5.41, 5.74) is 3.28. The SMILES string of the molecule is Cc1ccc(Cl)cc1N1CCN(C(=O)C2CCN(S(=O)(=O)c3cccc4nsnc34)CC2)CC1. The Balaban J connectivity index is 1.20. The normalized spacial score (nSPS) is 18.5. The zero-order chi connectivity index (χ0) is 23.9. The van der Waals surface area contributed by atoms with Crippen LogP contribution in [0.2, 0.25) is 5.02 Å². The number of carbonyl (C=O) groups is 1. The fourth-order valence-electron chi connectivity index (χ4n) is 4.82. The van der Waals surface area contributed by atoms with Gasteiger partial charge in [0.1, 0.15) is 15.9 Å². The molecule has 0 saturated carbocycles. The van der Waals surface area contributed by atoms with Crippen molar-refractivity contribution < 1.29 is 13.2 Å². The van der Waals surface area contributed by atoms with E-state index in [-0.39, 0.29) is 16.7 Å². The molecule has 8 nitrogen and oxygen atoms in total. The third-order valence-electron chi connectivity index (χ3n) is 6.77. The van der Waals surface area contributed by atoms with E-state index in [0.29, 0.717) is 55.1 Å². The van der Waals surface area contributed by atoms with Crippen LogP contribution in [0.15, 0.2) is 41.3 Å². The average Bonchev–Trinajstić information content (AvgIpc) is 3.34. The van der Waals surface area contributed by atoms with Crippen LogP contribution in [0.1, 0.15) is 18.4 Å². The first kappa shape index (κ1) is 23.5. The highest BCUT2D eigenvalue weighted by molar-refractivity contribution is 7.89. The first-order chi connectivity index (χ1) is 16.3. The van der Waals surface area contributed by atoms with Crippen LogP contribution in [-0.2, 0) is 14.8 Å². The number of nitrogens with zero attached hydrogens (tertiary/aromatic N) is 5. The van der Waals surface area contributed by atoms with Gasteiger partial charge in [-0.3, -0.25) is 4.79 Å². The second kappa shape index (κ2) is 9.41. The van der Waals surface area contributed by atoms with Crippen molar-refractivity contribution in [2.75, 3.05) is 44.2 Å². The first-order valence-corrected chi connectivity index (χ1v) is 13.9. The third kappa shape index (κ3) is 4.39. The fraction of sp³-hybridized carbons (Fsp3) is 0.435. The molecule has 2 saturated heterocycles. The number of piperidine rings is 1. The van der Waals surface area contributed by atoms with Gasteiger partial charge in [0.2, 0.25) is 15.9 Å². The van der Waals surface area contributed by atoms with Crippen molar-refractivity contribution in [3.63, 3.8) is 0 Å². The van der Waals surface area contributed by atoms with Gasteiger partial charge in [-0.05, 0) is 49.6 Å². The number of benzene rings is 2. The lowest BCUT2D eigenvalue weighted by Gasteiger charge is -2.39. The van der Waals surface area contributed by atoms with Crippen molar-refractivity contribution in [3.05, 3.63) is 47.0 Å². The number of hydrogen-bond acceptors (Lipinski definition) is 7. The largest absolute Gasteiger partial charge is 0.368 e. The third-order valence-corrected chi connectivity index (χ3v) is 9.48. The second-order valence-electron chi connectivity index (χ2n) is 8.81. The molecule has 0 aliphatic carbocycles.